The molecule has 55 heavy (non-hydrogen) atoms. The molecule has 0 saturated heterocycles. The number of amides is 4. The third-order valence-corrected chi connectivity index (χ3v) is 9.46. The van der Waals surface area contributed by atoms with Gasteiger partial charge in [0.25, 0.3) is 11.8 Å². The lowest BCUT2D eigenvalue weighted by molar-refractivity contribution is 0.0312. The van der Waals surface area contributed by atoms with E-state index in [9.17, 15) is 19.2 Å². The Labute approximate surface area is 323 Å². The van der Waals surface area contributed by atoms with Crippen molar-refractivity contribution in [2.45, 2.75) is 98.3 Å². The molecule has 3 aliphatic rings. The Morgan fingerprint density at radius 1 is 0.818 bits per heavy atom. The number of rotatable bonds is 10. The summed E-state index contributed by atoms with van der Waals surface area (Å²) in [4.78, 5) is 62.7. The molecular formula is C44H51N5O6. The molecule has 1 N–H and O–H groups in total. The lowest BCUT2D eigenvalue weighted by atomic mass is 9.93. The Hall–Kier alpha value is -5.71. The molecule has 0 fully saturated rings. The lowest BCUT2D eigenvalue weighted by Gasteiger charge is -2.40. The molecule has 1 aliphatic carbocycles. The van der Waals surface area contributed by atoms with Gasteiger partial charge in [-0.1, -0.05) is 43.2 Å². The topological polar surface area (TPSA) is 121 Å². The second-order valence-electron chi connectivity index (χ2n) is 16.2. The molecule has 4 amide bonds. The second-order valence-corrected chi connectivity index (χ2v) is 16.2. The van der Waals surface area contributed by atoms with Gasteiger partial charge in [0.1, 0.15) is 11.2 Å². The predicted molar refractivity (Wildman–Crippen MR) is 216 cm³/mol. The quantitative estimate of drug-likeness (QED) is 0.162. The van der Waals surface area contributed by atoms with E-state index >= 15 is 0 Å². The fraction of sp³-hybridized carbons (Fsp3) is 0.386. The van der Waals surface area contributed by atoms with E-state index in [4.69, 9.17) is 14.5 Å². The van der Waals surface area contributed by atoms with Crippen LogP contribution in [0.3, 0.4) is 0 Å². The molecule has 2 heterocycles. The van der Waals surface area contributed by atoms with E-state index in [1.54, 1.807) is 29.2 Å². The molecule has 3 aromatic rings. The lowest BCUT2D eigenvalue weighted by Crippen LogP contribution is -2.43. The molecule has 11 nitrogen and oxygen atoms in total. The van der Waals surface area contributed by atoms with Crippen molar-refractivity contribution in [3.05, 3.63) is 107 Å². The number of allylic oxidation sites excluding steroid dienone is 1. The van der Waals surface area contributed by atoms with Crippen molar-refractivity contribution in [2.24, 2.45) is 4.99 Å². The summed E-state index contributed by atoms with van der Waals surface area (Å²) in [6.45, 7) is 15.7. The number of unbranched alkanes of at least 4 members (excludes halogenated alkanes) is 3. The summed E-state index contributed by atoms with van der Waals surface area (Å²) in [5.41, 5.74) is 5.89. The first kappa shape index (κ1) is 39.0. The molecular weight excluding hydrogens is 695 g/mol. The van der Waals surface area contributed by atoms with Crippen LogP contribution in [0.25, 0.3) is 0 Å². The van der Waals surface area contributed by atoms with E-state index in [1.807, 2.05) is 104 Å². The summed E-state index contributed by atoms with van der Waals surface area (Å²) >= 11 is 0. The minimum absolute atomic E-state index is 0.244. The SMILES string of the molecule is CC1=CC2=Nc3cc(C)c(NC(=O)OC(C)(C)C)cc3N(c3ccccc3)C2C=C1N(CCCCCCN1C(=O)c2ccccc2C1=O)C(=O)OC(C)(C)C. The average Bonchev–Trinajstić information content (AvgIpc) is 3.34. The highest BCUT2D eigenvalue weighted by Crippen LogP contribution is 2.45. The number of nitrogens with zero attached hydrogens (tertiary/aromatic N) is 4. The van der Waals surface area contributed by atoms with Crippen molar-refractivity contribution in [3.8, 4) is 0 Å². The summed E-state index contributed by atoms with van der Waals surface area (Å²) in [6.07, 6.45) is 6.01. The molecule has 11 heteroatoms. The average molecular weight is 746 g/mol. The molecule has 6 rings (SSSR count). The summed E-state index contributed by atoms with van der Waals surface area (Å²) in [7, 11) is 0. The highest BCUT2D eigenvalue weighted by atomic mass is 16.6. The number of hydrogen-bond acceptors (Lipinski definition) is 8. The second kappa shape index (κ2) is 15.6. The normalized spacial score (nSPS) is 16.4. The van der Waals surface area contributed by atoms with Crippen LogP contribution in [0.4, 0.5) is 32.3 Å². The van der Waals surface area contributed by atoms with E-state index in [1.165, 1.54) is 4.90 Å². The minimum Gasteiger partial charge on any atom is -0.444 e. The van der Waals surface area contributed by atoms with Crippen molar-refractivity contribution in [1.29, 1.82) is 0 Å². The summed E-state index contributed by atoms with van der Waals surface area (Å²) < 4.78 is 11.5. The summed E-state index contributed by atoms with van der Waals surface area (Å²) in [5, 5.41) is 2.92. The van der Waals surface area contributed by atoms with E-state index in [-0.39, 0.29) is 17.9 Å². The summed E-state index contributed by atoms with van der Waals surface area (Å²) in [6, 6.07) is 20.4. The first-order chi connectivity index (χ1) is 26.0. The van der Waals surface area contributed by atoms with E-state index in [0.29, 0.717) is 42.7 Å². The van der Waals surface area contributed by atoms with Crippen LogP contribution in [-0.2, 0) is 9.47 Å². The number of para-hydroxylation sites is 1. The number of anilines is 3. The Morgan fingerprint density at radius 3 is 2.07 bits per heavy atom. The molecule has 0 bridgehead atoms. The predicted octanol–water partition coefficient (Wildman–Crippen LogP) is 9.87. The number of aliphatic imine (C=N–C) groups is 1. The maximum Gasteiger partial charge on any atom is 0.414 e. The van der Waals surface area contributed by atoms with Gasteiger partial charge in [-0.15, -0.1) is 0 Å². The molecule has 288 valence electrons. The number of imide groups is 1. The van der Waals surface area contributed by atoms with Gasteiger partial charge in [0, 0.05) is 30.2 Å². The number of aryl methyl sites for hydroxylation is 1. The van der Waals surface area contributed by atoms with Crippen molar-refractivity contribution in [2.75, 3.05) is 23.3 Å². The molecule has 1 atom stereocenters. The van der Waals surface area contributed by atoms with E-state index < -0.39 is 23.4 Å². The number of carbonyl (C=O) groups excluding carboxylic acids is 4. The van der Waals surface area contributed by atoms with Gasteiger partial charge >= 0.3 is 12.2 Å². The Balaban J connectivity index is 1.24. The first-order valence-electron chi connectivity index (χ1n) is 18.9. The number of ether oxygens (including phenoxy) is 2. The van der Waals surface area contributed by atoms with Crippen LogP contribution < -0.4 is 10.2 Å². The van der Waals surface area contributed by atoms with Gasteiger partial charge in [-0.3, -0.25) is 24.7 Å². The number of nitrogens with one attached hydrogen (secondary N) is 1. The highest BCUT2D eigenvalue weighted by Gasteiger charge is 2.37. The molecule has 0 spiro atoms. The van der Waals surface area contributed by atoms with Crippen LogP contribution >= 0.6 is 0 Å². The summed E-state index contributed by atoms with van der Waals surface area (Å²) in [5.74, 6) is -0.488. The third kappa shape index (κ3) is 8.82. The molecule has 3 aromatic carbocycles. The maximum atomic E-state index is 13.9. The fourth-order valence-electron chi connectivity index (χ4n) is 7.01. The Kier molecular flexibility index (Phi) is 11.0. The van der Waals surface area contributed by atoms with E-state index in [2.05, 4.69) is 16.3 Å². The maximum absolute atomic E-state index is 13.9. The zero-order valence-electron chi connectivity index (χ0n) is 33.1. The van der Waals surface area contributed by atoms with Crippen LogP contribution in [0.2, 0.25) is 0 Å². The highest BCUT2D eigenvalue weighted by molar-refractivity contribution is 6.21. The van der Waals surface area contributed by atoms with E-state index in [0.717, 1.165) is 52.4 Å². The van der Waals surface area contributed by atoms with Crippen LogP contribution in [0.5, 0.6) is 0 Å². The van der Waals surface area contributed by atoms with Crippen LogP contribution in [-0.4, -0.2) is 69.8 Å². The first-order valence-corrected chi connectivity index (χ1v) is 18.9. The standard InChI is InChI=1S/C44H51N5O6/c1-28-24-34-37(26-33(28)46-41(52)54-43(3,4)5)49(30-18-12-11-13-19-30)38-27-36(29(2)25-35(38)45-34)47(42(53)55-44(6,7)8)22-16-9-10-17-23-48-39(50)31-20-14-15-21-32(31)40(48)51/h11-15,18-21,24-27,38H,9-10,16-17,22-23H2,1-8H3,(H,46,52). The minimum atomic E-state index is -0.712. The van der Waals surface area contributed by atoms with Gasteiger partial charge in [-0.05, 0) is 128 Å². The number of benzene rings is 3. The van der Waals surface area contributed by atoms with Gasteiger partial charge < -0.3 is 14.4 Å². The van der Waals surface area contributed by atoms with Gasteiger partial charge in [-0.25, -0.2) is 14.6 Å². The van der Waals surface area contributed by atoms with Crippen molar-refractivity contribution < 1.29 is 28.7 Å². The Bertz CT molecular complexity index is 2050. The van der Waals surface area contributed by atoms with Crippen LogP contribution in [0.15, 0.2) is 95.1 Å². The molecule has 0 radical (unpaired) electrons. The van der Waals surface area contributed by atoms with Crippen molar-refractivity contribution in [3.63, 3.8) is 0 Å². The van der Waals surface area contributed by atoms with Crippen molar-refractivity contribution >= 4 is 52.5 Å². The third-order valence-electron chi connectivity index (χ3n) is 9.46. The van der Waals surface area contributed by atoms with Gasteiger partial charge in [-0.2, -0.15) is 0 Å². The monoisotopic (exact) mass is 745 g/mol. The molecule has 0 aromatic heterocycles. The fourth-order valence-corrected chi connectivity index (χ4v) is 7.01. The van der Waals surface area contributed by atoms with Gasteiger partial charge in [0.2, 0.25) is 0 Å². The zero-order valence-corrected chi connectivity index (χ0v) is 33.1. The number of fused-ring (bicyclic) bond motifs is 3. The largest absolute Gasteiger partial charge is 0.444 e. The molecule has 0 saturated carbocycles. The van der Waals surface area contributed by atoms with Gasteiger partial charge in [0.15, 0.2) is 0 Å². The number of carbonyl (C=O) groups is 4. The Morgan fingerprint density at radius 2 is 1.44 bits per heavy atom. The zero-order chi connectivity index (χ0) is 39.7. The molecule has 1 unspecified atom stereocenters. The molecule has 2 aliphatic heterocycles. The van der Waals surface area contributed by atoms with Crippen molar-refractivity contribution in [1.82, 2.24) is 9.80 Å². The number of hydrogen-bond donors (Lipinski definition) is 1. The smallest absolute Gasteiger partial charge is 0.414 e. The van der Waals surface area contributed by atoms with Crippen LogP contribution in [0.1, 0.15) is 100 Å². The van der Waals surface area contributed by atoms with Gasteiger partial charge in [0.05, 0.1) is 34.3 Å². The van der Waals surface area contributed by atoms with Crippen LogP contribution in [0, 0.1) is 6.92 Å².